The van der Waals surface area contributed by atoms with E-state index >= 15 is 0 Å². The van der Waals surface area contributed by atoms with Crippen molar-refractivity contribution in [2.45, 2.75) is 0 Å². The van der Waals surface area contributed by atoms with E-state index < -0.39 is 0 Å². The van der Waals surface area contributed by atoms with Crippen molar-refractivity contribution in [3.63, 3.8) is 0 Å². The maximum absolute atomic E-state index is 5.69. The molecule has 0 radical (unpaired) electrons. The smallest absolute Gasteiger partial charge is 0.328 e. The first-order valence-corrected chi connectivity index (χ1v) is 7.03. The highest BCUT2D eigenvalue weighted by atomic mass is 35.5. The molecular formula is C12H8Cl2N8O2. The van der Waals surface area contributed by atoms with Crippen LogP contribution in [0.1, 0.15) is 0 Å². The Bertz CT molecular complexity index is 785. The summed E-state index contributed by atoms with van der Waals surface area (Å²) in [6, 6.07) is 6.39. The Morgan fingerprint density at radius 1 is 0.708 bits per heavy atom. The Morgan fingerprint density at radius 3 is 1.58 bits per heavy atom. The first kappa shape index (κ1) is 15.9. The van der Waals surface area contributed by atoms with Crippen LogP contribution in [0.5, 0.6) is 23.5 Å². The number of hydrogen-bond donors (Lipinski definition) is 2. The molecule has 0 aliphatic carbocycles. The highest BCUT2D eigenvalue weighted by Crippen LogP contribution is 2.26. The lowest BCUT2D eigenvalue weighted by atomic mass is 10.3. The van der Waals surface area contributed by atoms with Crippen LogP contribution in [0.25, 0.3) is 0 Å². The molecule has 0 bridgehead atoms. The molecule has 24 heavy (non-hydrogen) atoms. The molecule has 3 rings (SSSR count). The van der Waals surface area contributed by atoms with Crippen LogP contribution in [0, 0.1) is 0 Å². The van der Waals surface area contributed by atoms with Gasteiger partial charge in [-0.25, -0.2) is 0 Å². The molecule has 0 aliphatic heterocycles. The zero-order valence-electron chi connectivity index (χ0n) is 11.7. The van der Waals surface area contributed by atoms with Gasteiger partial charge in [-0.2, -0.15) is 29.9 Å². The van der Waals surface area contributed by atoms with Gasteiger partial charge in [-0.05, 0) is 35.3 Å². The summed E-state index contributed by atoms with van der Waals surface area (Å²) in [4.78, 5) is 22.5. The van der Waals surface area contributed by atoms with Crippen LogP contribution in [-0.2, 0) is 0 Å². The summed E-state index contributed by atoms with van der Waals surface area (Å²) >= 11 is 11.4. The first-order valence-electron chi connectivity index (χ1n) is 6.28. The summed E-state index contributed by atoms with van der Waals surface area (Å²) in [6.07, 6.45) is 0. The van der Waals surface area contributed by atoms with E-state index in [1.807, 2.05) is 0 Å². The third-order valence-electron chi connectivity index (χ3n) is 2.43. The van der Waals surface area contributed by atoms with Gasteiger partial charge < -0.3 is 20.9 Å². The topological polar surface area (TPSA) is 148 Å². The molecule has 0 aliphatic rings. The second-order valence-electron chi connectivity index (χ2n) is 4.17. The Kier molecular flexibility index (Phi) is 4.40. The van der Waals surface area contributed by atoms with Crippen LogP contribution in [0.2, 0.25) is 10.6 Å². The first-order chi connectivity index (χ1) is 11.5. The van der Waals surface area contributed by atoms with Crippen molar-refractivity contribution in [1.82, 2.24) is 29.9 Å². The summed E-state index contributed by atoms with van der Waals surface area (Å²) in [5.74, 6) is 0.602. The van der Waals surface area contributed by atoms with E-state index in [1.54, 1.807) is 24.3 Å². The van der Waals surface area contributed by atoms with Gasteiger partial charge in [-0.1, -0.05) is 6.07 Å². The van der Waals surface area contributed by atoms with E-state index in [1.165, 1.54) is 0 Å². The SMILES string of the molecule is Nc1nc(Cl)nc(Oc2cccc(Oc3nc(N)nc(Cl)n3)c2)n1. The zero-order chi connectivity index (χ0) is 17.1. The van der Waals surface area contributed by atoms with E-state index in [0.29, 0.717) is 11.5 Å². The molecule has 0 saturated heterocycles. The maximum atomic E-state index is 5.69. The molecule has 0 unspecified atom stereocenters. The minimum atomic E-state index is -0.0831. The number of rotatable bonds is 4. The zero-order valence-corrected chi connectivity index (χ0v) is 13.2. The number of hydrogen-bond acceptors (Lipinski definition) is 10. The largest absolute Gasteiger partial charge is 0.424 e. The highest BCUT2D eigenvalue weighted by Gasteiger charge is 2.08. The minimum absolute atomic E-state index is 0.0582. The Balaban J connectivity index is 1.81. The van der Waals surface area contributed by atoms with Crippen molar-refractivity contribution in [2.75, 3.05) is 11.5 Å². The van der Waals surface area contributed by atoms with Gasteiger partial charge in [-0.3, -0.25) is 0 Å². The molecule has 2 aromatic heterocycles. The number of anilines is 2. The van der Waals surface area contributed by atoms with Gasteiger partial charge in [0, 0.05) is 6.07 Å². The number of aromatic nitrogens is 6. The van der Waals surface area contributed by atoms with Gasteiger partial charge >= 0.3 is 12.0 Å². The van der Waals surface area contributed by atoms with Crippen LogP contribution >= 0.6 is 23.2 Å². The average Bonchev–Trinajstić information content (AvgIpc) is 2.45. The fraction of sp³-hybridized carbons (Fsp3) is 0. The number of nitrogens with two attached hydrogens (primary N) is 2. The number of nitrogens with zero attached hydrogens (tertiary/aromatic N) is 6. The molecule has 0 saturated carbocycles. The molecule has 1 aromatic carbocycles. The summed E-state index contributed by atoms with van der Waals surface area (Å²) in [5.41, 5.74) is 11.0. The summed E-state index contributed by atoms with van der Waals surface area (Å²) in [5, 5.41) is -0.166. The van der Waals surface area contributed by atoms with Crippen molar-refractivity contribution in [2.24, 2.45) is 0 Å². The van der Waals surface area contributed by atoms with Gasteiger partial charge in [0.25, 0.3) is 0 Å². The van der Waals surface area contributed by atoms with Gasteiger partial charge in [0.05, 0.1) is 0 Å². The summed E-state index contributed by atoms with van der Waals surface area (Å²) in [6.45, 7) is 0. The molecule has 0 atom stereocenters. The number of ether oxygens (including phenoxy) is 2. The van der Waals surface area contributed by atoms with Crippen LogP contribution in [-0.4, -0.2) is 29.9 Å². The second kappa shape index (κ2) is 6.64. The third kappa shape index (κ3) is 4.06. The van der Waals surface area contributed by atoms with Gasteiger partial charge in [-0.15, -0.1) is 0 Å². The molecule has 4 N–H and O–H groups in total. The minimum Gasteiger partial charge on any atom is -0.424 e. The normalized spacial score (nSPS) is 10.4. The van der Waals surface area contributed by atoms with Crippen LogP contribution in [0.15, 0.2) is 24.3 Å². The van der Waals surface area contributed by atoms with Crippen molar-refractivity contribution in [3.05, 3.63) is 34.8 Å². The van der Waals surface area contributed by atoms with Crippen LogP contribution in [0.4, 0.5) is 11.9 Å². The molecule has 10 nitrogen and oxygen atoms in total. The lowest BCUT2D eigenvalue weighted by Crippen LogP contribution is -2.01. The molecule has 3 aromatic rings. The van der Waals surface area contributed by atoms with Crippen molar-refractivity contribution < 1.29 is 9.47 Å². The van der Waals surface area contributed by atoms with E-state index in [4.69, 9.17) is 44.1 Å². The van der Waals surface area contributed by atoms with Crippen LogP contribution < -0.4 is 20.9 Å². The molecular weight excluding hydrogens is 359 g/mol. The fourth-order valence-corrected chi connectivity index (χ4v) is 1.91. The van der Waals surface area contributed by atoms with Crippen molar-refractivity contribution >= 4 is 35.1 Å². The molecule has 0 amide bonds. The van der Waals surface area contributed by atoms with Crippen molar-refractivity contribution in [1.29, 1.82) is 0 Å². The maximum Gasteiger partial charge on any atom is 0.328 e. The second-order valence-corrected chi connectivity index (χ2v) is 4.85. The quantitative estimate of drug-likeness (QED) is 0.702. The van der Waals surface area contributed by atoms with Gasteiger partial charge in [0.2, 0.25) is 22.5 Å². The Morgan fingerprint density at radius 2 is 1.17 bits per heavy atom. The Labute approximate surface area is 144 Å². The standard InChI is InChI=1S/C12H8Cl2N8O2/c13-7-17-9(15)21-11(19-7)23-5-2-1-3-6(4-5)24-12-20-8(14)18-10(16)22-12/h1-4H,(H2,15,17,19,21)(H2,16,18,20,22). The van der Waals surface area contributed by atoms with E-state index in [0.717, 1.165) is 0 Å². The number of benzene rings is 1. The third-order valence-corrected chi connectivity index (χ3v) is 2.77. The van der Waals surface area contributed by atoms with Gasteiger partial charge in [0.1, 0.15) is 11.5 Å². The van der Waals surface area contributed by atoms with E-state index in [9.17, 15) is 0 Å². The highest BCUT2D eigenvalue weighted by molar-refractivity contribution is 6.28. The monoisotopic (exact) mass is 366 g/mol. The molecule has 0 spiro atoms. The molecule has 122 valence electrons. The predicted octanol–water partition coefficient (Wildman–Crippen LogP) is 2.11. The summed E-state index contributed by atoms with van der Waals surface area (Å²) in [7, 11) is 0. The van der Waals surface area contributed by atoms with E-state index in [-0.39, 0.29) is 34.5 Å². The number of nitrogen functional groups attached to an aromatic ring is 2. The summed E-state index contributed by atoms with van der Waals surface area (Å²) < 4.78 is 10.9. The molecule has 2 heterocycles. The fourth-order valence-electron chi connectivity index (χ4n) is 1.60. The predicted molar refractivity (Wildman–Crippen MR) is 85.1 cm³/mol. The van der Waals surface area contributed by atoms with Crippen molar-refractivity contribution in [3.8, 4) is 23.5 Å². The molecule has 12 heteroatoms. The average molecular weight is 367 g/mol. The Hall–Kier alpha value is -2.98. The van der Waals surface area contributed by atoms with E-state index in [2.05, 4.69) is 29.9 Å². The lowest BCUT2D eigenvalue weighted by molar-refractivity contribution is 0.421. The molecule has 0 fully saturated rings. The number of halogens is 2. The van der Waals surface area contributed by atoms with Gasteiger partial charge in [0.15, 0.2) is 0 Å². The lowest BCUT2D eigenvalue weighted by Gasteiger charge is -2.07. The van der Waals surface area contributed by atoms with Crippen LogP contribution in [0.3, 0.4) is 0 Å².